The molecule has 0 unspecified atom stereocenters. The van der Waals surface area contributed by atoms with Crippen LogP contribution in [0.15, 0.2) is 72.8 Å². The van der Waals surface area contributed by atoms with Crippen molar-refractivity contribution < 1.29 is 27.4 Å². The highest BCUT2D eigenvalue weighted by molar-refractivity contribution is 6.04. The molecule has 0 atom stereocenters. The van der Waals surface area contributed by atoms with Gasteiger partial charge in [-0.05, 0) is 73.9 Å². The van der Waals surface area contributed by atoms with Gasteiger partial charge in [0.25, 0.3) is 5.91 Å². The zero-order chi connectivity index (χ0) is 28.5. The highest BCUT2D eigenvalue weighted by atomic mass is 19.4. The second-order valence-electron chi connectivity index (χ2n) is 9.05. The van der Waals surface area contributed by atoms with Crippen LogP contribution in [0.5, 0.6) is 6.01 Å². The van der Waals surface area contributed by atoms with E-state index in [0.717, 1.165) is 31.4 Å². The van der Waals surface area contributed by atoms with Gasteiger partial charge >= 0.3 is 12.2 Å². The van der Waals surface area contributed by atoms with E-state index >= 15 is 0 Å². The van der Waals surface area contributed by atoms with Crippen LogP contribution < -0.4 is 10.1 Å². The lowest BCUT2D eigenvalue weighted by Gasteiger charge is -2.10. The standard InChI is InChI=1S/C30H31F3N4O3/c1-3-5-6-21-7-9-23(10-8-21)28(38)34-25-15-17-26(18-16-25)37-27(35-29(36-37)40-20-19-39-4-2)22-11-13-24(14-12-22)30(31,32)33/h7-18H,3-6,19-20H2,1-2H3,(H,34,38). The van der Waals surface area contributed by atoms with Gasteiger partial charge in [-0.2, -0.15) is 18.2 Å². The average Bonchev–Trinajstić information content (AvgIpc) is 3.38. The number of unbranched alkanes of at least 4 members (excludes halogenated alkanes) is 1. The third kappa shape index (κ3) is 7.47. The molecule has 4 rings (SSSR count). The molecule has 3 aromatic carbocycles. The Balaban J connectivity index is 1.53. The predicted octanol–water partition coefficient (Wildman–Crippen LogP) is 6.96. The monoisotopic (exact) mass is 552 g/mol. The molecule has 0 spiro atoms. The summed E-state index contributed by atoms with van der Waals surface area (Å²) in [7, 11) is 0. The topological polar surface area (TPSA) is 78.3 Å². The summed E-state index contributed by atoms with van der Waals surface area (Å²) in [6, 6.07) is 19.2. The molecule has 0 aliphatic carbocycles. The predicted molar refractivity (Wildman–Crippen MR) is 147 cm³/mol. The maximum atomic E-state index is 13.1. The number of anilines is 1. The molecule has 0 aliphatic heterocycles. The number of halogens is 3. The molecule has 40 heavy (non-hydrogen) atoms. The number of alkyl halides is 3. The summed E-state index contributed by atoms with van der Waals surface area (Å²) < 4.78 is 51.6. The Morgan fingerprint density at radius 3 is 2.25 bits per heavy atom. The normalized spacial score (nSPS) is 11.4. The number of hydrogen-bond acceptors (Lipinski definition) is 5. The molecule has 210 valence electrons. The fourth-order valence-corrected chi connectivity index (χ4v) is 3.96. The Kier molecular flexibility index (Phi) is 9.55. The number of ether oxygens (including phenoxy) is 2. The summed E-state index contributed by atoms with van der Waals surface area (Å²) in [5, 5.41) is 7.29. The van der Waals surface area contributed by atoms with E-state index in [1.165, 1.54) is 22.4 Å². The minimum Gasteiger partial charge on any atom is -0.460 e. The number of nitrogens with zero attached hydrogens (tertiary/aromatic N) is 3. The molecule has 0 radical (unpaired) electrons. The fourth-order valence-electron chi connectivity index (χ4n) is 3.96. The summed E-state index contributed by atoms with van der Waals surface area (Å²) in [5.41, 5.74) is 2.58. The maximum Gasteiger partial charge on any atom is 0.416 e. The molecule has 0 saturated heterocycles. The quantitative estimate of drug-likeness (QED) is 0.192. The summed E-state index contributed by atoms with van der Waals surface area (Å²) in [4.78, 5) is 17.1. The van der Waals surface area contributed by atoms with Crippen molar-refractivity contribution >= 4 is 11.6 Å². The first kappa shape index (κ1) is 28.8. The Bertz CT molecular complexity index is 1380. The molecule has 0 fully saturated rings. The molecule has 0 aliphatic rings. The van der Waals surface area contributed by atoms with Crippen LogP contribution in [-0.2, 0) is 17.3 Å². The van der Waals surface area contributed by atoms with Crippen LogP contribution in [0, 0.1) is 0 Å². The first-order chi connectivity index (χ1) is 19.3. The molecular formula is C30H31F3N4O3. The van der Waals surface area contributed by atoms with Gasteiger partial charge in [0.1, 0.15) is 6.61 Å². The number of amides is 1. The third-order valence-electron chi connectivity index (χ3n) is 6.13. The lowest BCUT2D eigenvalue weighted by molar-refractivity contribution is -0.137. The summed E-state index contributed by atoms with van der Waals surface area (Å²) in [6.45, 7) is 5.11. The van der Waals surface area contributed by atoms with E-state index in [9.17, 15) is 18.0 Å². The third-order valence-corrected chi connectivity index (χ3v) is 6.13. The summed E-state index contributed by atoms with van der Waals surface area (Å²) >= 11 is 0. The largest absolute Gasteiger partial charge is 0.460 e. The van der Waals surface area contributed by atoms with Gasteiger partial charge in [-0.3, -0.25) is 4.79 Å². The van der Waals surface area contributed by atoms with Crippen LogP contribution in [-0.4, -0.2) is 40.5 Å². The van der Waals surface area contributed by atoms with Crippen LogP contribution in [0.1, 0.15) is 48.2 Å². The van der Waals surface area contributed by atoms with Crippen LogP contribution >= 0.6 is 0 Å². The number of carbonyl (C=O) groups excluding carboxylic acids is 1. The van der Waals surface area contributed by atoms with Crippen LogP contribution in [0.3, 0.4) is 0 Å². The summed E-state index contributed by atoms with van der Waals surface area (Å²) in [5.74, 6) is 0.0751. The Morgan fingerprint density at radius 2 is 1.62 bits per heavy atom. The Morgan fingerprint density at radius 1 is 0.925 bits per heavy atom. The molecule has 0 saturated carbocycles. The molecule has 0 bridgehead atoms. The van der Waals surface area contributed by atoms with Crippen LogP contribution in [0.2, 0.25) is 0 Å². The van der Waals surface area contributed by atoms with Gasteiger partial charge in [-0.25, -0.2) is 4.68 Å². The van der Waals surface area contributed by atoms with Crippen molar-refractivity contribution in [2.45, 2.75) is 39.3 Å². The van der Waals surface area contributed by atoms with Crippen molar-refractivity contribution in [3.63, 3.8) is 0 Å². The van der Waals surface area contributed by atoms with E-state index in [4.69, 9.17) is 9.47 Å². The lowest BCUT2D eigenvalue weighted by Crippen LogP contribution is -2.12. The molecule has 4 aromatic rings. The molecule has 1 aromatic heterocycles. The highest BCUT2D eigenvalue weighted by Crippen LogP contribution is 2.31. The first-order valence-electron chi connectivity index (χ1n) is 13.1. The lowest BCUT2D eigenvalue weighted by atomic mass is 10.1. The van der Waals surface area contributed by atoms with Crippen molar-refractivity contribution in [2.24, 2.45) is 0 Å². The molecule has 1 N–H and O–H groups in total. The number of aromatic nitrogens is 3. The van der Waals surface area contributed by atoms with E-state index in [-0.39, 0.29) is 18.5 Å². The van der Waals surface area contributed by atoms with Gasteiger partial charge in [0.2, 0.25) is 0 Å². The number of rotatable bonds is 12. The minimum atomic E-state index is -4.45. The molecular weight excluding hydrogens is 521 g/mol. The van der Waals surface area contributed by atoms with E-state index in [0.29, 0.717) is 41.5 Å². The second-order valence-corrected chi connectivity index (χ2v) is 9.05. The van der Waals surface area contributed by atoms with Gasteiger partial charge < -0.3 is 14.8 Å². The van der Waals surface area contributed by atoms with E-state index in [1.54, 1.807) is 24.3 Å². The molecule has 10 heteroatoms. The van der Waals surface area contributed by atoms with Crippen molar-refractivity contribution in [1.29, 1.82) is 0 Å². The Labute approximate surface area is 231 Å². The fraction of sp³-hybridized carbons (Fsp3) is 0.300. The Hall–Kier alpha value is -4.18. The smallest absolute Gasteiger partial charge is 0.416 e. The van der Waals surface area contributed by atoms with Crippen molar-refractivity contribution in [3.05, 3.63) is 89.5 Å². The zero-order valence-electron chi connectivity index (χ0n) is 22.4. The number of aryl methyl sites for hydroxylation is 1. The summed E-state index contributed by atoms with van der Waals surface area (Å²) in [6.07, 6.45) is -1.25. The first-order valence-corrected chi connectivity index (χ1v) is 13.1. The zero-order valence-corrected chi connectivity index (χ0v) is 22.4. The van der Waals surface area contributed by atoms with E-state index in [2.05, 4.69) is 22.3 Å². The van der Waals surface area contributed by atoms with Gasteiger partial charge in [0, 0.05) is 23.4 Å². The van der Waals surface area contributed by atoms with Gasteiger partial charge in [0.15, 0.2) is 5.82 Å². The number of carbonyl (C=O) groups is 1. The number of hydrogen-bond donors (Lipinski definition) is 1. The van der Waals surface area contributed by atoms with Crippen molar-refractivity contribution in [3.8, 4) is 23.1 Å². The number of benzene rings is 3. The second kappa shape index (κ2) is 13.3. The molecule has 1 amide bonds. The van der Waals surface area contributed by atoms with Gasteiger partial charge in [-0.15, -0.1) is 5.10 Å². The van der Waals surface area contributed by atoms with Crippen LogP contribution in [0.25, 0.3) is 17.1 Å². The van der Waals surface area contributed by atoms with Crippen molar-refractivity contribution in [1.82, 2.24) is 14.8 Å². The van der Waals surface area contributed by atoms with Crippen molar-refractivity contribution in [2.75, 3.05) is 25.1 Å². The molecule has 1 heterocycles. The highest BCUT2D eigenvalue weighted by Gasteiger charge is 2.30. The minimum absolute atomic E-state index is 0.0642. The van der Waals surface area contributed by atoms with Gasteiger partial charge in [0.05, 0.1) is 17.9 Å². The van der Waals surface area contributed by atoms with E-state index in [1.807, 2.05) is 31.2 Å². The molecule has 7 nitrogen and oxygen atoms in total. The average molecular weight is 553 g/mol. The van der Waals surface area contributed by atoms with Gasteiger partial charge in [-0.1, -0.05) is 37.6 Å². The van der Waals surface area contributed by atoms with E-state index < -0.39 is 11.7 Å². The maximum absolute atomic E-state index is 13.1. The number of nitrogens with one attached hydrogen (secondary N) is 1. The SMILES string of the molecule is CCCCc1ccc(C(=O)Nc2ccc(-n3nc(OCCOCC)nc3-c3ccc(C(F)(F)F)cc3)cc2)cc1. The van der Waals surface area contributed by atoms with Crippen LogP contribution in [0.4, 0.5) is 18.9 Å².